The highest BCUT2D eigenvalue weighted by Gasteiger charge is 2.56. The molecular formula is C35H52FNO7. The Morgan fingerprint density at radius 2 is 1.68 bits per heavy atom. The van der Waals surface area contributed by atoms with Crippen LogP contribution in [-0.4, -0.2) is 71.0 Å². The molecule has 2 fully saturated rings. The molecule has 246 valence electrons. The summed E-state index contributed by atoms with van der Waals surface area (Å²) in [4.78, 5) is 38.7. The number of carbonyl (C=O) groups is 3. The number of unbranched alkanes of at least 4 members (excludes halogenated alkanes) is 7. The fraction of sp³-hybridized carbons (Fsp3) is 0.686. The summed E-state index contributed by atoms with van der Waals surface area (Å²) in [6.45, 7) is 2.56. The van der Waals surface area contributed by atoms with Gasteiger partial charge in [0.1, 0.15) is 11.9 Å². The van der Waals surface area contributed by atoms with Crippen LogP contribution in [0.25, 0.3) is 0 Å². The Morgan fingerprint density at radius 3 is 2.39 bits per heavy atom. The third-order valence-electron chi connectivity index (χ3n) is 9.24. The molecule has 9 heteroatoms. The van der Waals surface area contributed by atoms with Crippen LogP contribution in [-0.2, 0) is 23.9 Å². The van der Waals surface area contributed by atoms with E-state index in [0.29, 0.717) is 19.4 Å². The molecule has 0 aromatic heterocycles. The van der Waals surface area contributed by atoms with Crippen molar-refractivity contribution in [1.82, 2.24) is 4.90 Å². The molecule has 44 heavy (non-hydrogen) atoms. The van der Waals surface area contributed by atoms with E-state index in [2.05, 4.69) is 17.9 Å². The number of hydrogen-bond donors (Lipinski definition) is 2. The Hall–Kier alpha value is -2.78. The quantitative estimate of drug-likeness (QED) is 0.0907. The topological polar surface area (TPSA) is 113 Å². The molecule has 6 atom stereocenters. The van der Waals surface area contributed by atoms with Gasteiger partial charge in [0.15, 0.2) is 0 Å². The maximum absolute atomic E-state index is 13.6. The van der Waals surface area contributed by atoms with E-state index in [0.717, 1.165) is 76.2 Å². The first-order chi connectivity index (χ1) is 21.3. The zero-order chi connectivity index (χ0) is 31.9. The van der Waals surface area contributed by atoms with E-state index >= 15 is 0 Å². The molecule has 0 spiro atoms. The van der Waals surface area contributed by atoms with Crippen molar-refractivity contribution in [2.45, 2.75) is 133 Å². The number of carbonyl (C=O) groups excluding carboxylic acids is 2. The van der Waals surface area contributed by atoms with Crippen molar-refractivity contribution >= 4 is 17.9 Å². The largest absolute Gasteiger partial charge is 0.481 e. The van der Waals surface area contributed by atoms with Gasteiger partial charge in [-0.2, -0.15) is 0 Å². The number of ether oxygens (including phenoxy) is 2. The SMILES string of the molecule is CCCCCC(OC(=O)CCN1C2CCC1[C@H](c1ccc(F)cc1)C2C(=O)OC)C(O)C/C=C\CCCCCCCC(=O)O. The molecule has 0 saturated carbocycles. The molecule has 2 bridgehead atoms. The summed E-state index contributed by atoms with van der Waals surface area (Å²) in [6.07, 6.45) is 14.4. The van der Waals surface area contributed by atoms with Gasteiger partial charge in [-0.05, 0) is 69.1 Å². The predicted molar refractivity (Wildman–Crippen MR) is 167 cm³/mol. The Labute approximate surface area is 262 Å². The minimum Gasteiger partial charge on any atom is -0.481 e. The van der Waals surface area contributed by atoms with Crippen LogP contribution in [0.1, 0.15) is 115 Å². The third kappa shape index (κ3) is 10.7. The van der Waals surface area contributed by atoms with Crippen molar-refractivity contribution in [3.63, 3.8) is 0 Å². The summed E-state index contributed by atoms with van der Waals surface area (Å²) in [7, 11) is 1.39. The molecule has 1 aromatic rings. The van der Waals surface area contributed by atoms with Crippen LogP contribution in [0.15, 0.2) is 36.4 Å². The average molecular weight is 618 g/mol. The molecule has 2 saturated heterocycles. The summed E-state index contributed by atoms with van der Waals surface area (Å²) in [6, 6.07) is 6.34. The summed E-state index contributed by atoms with van der Waals surface area (Å²) in [5.41, 5.74) is 0.907. The number of fused-ring (bicyclic) bond motifs is 2. The zero-order valence-corrected chi connectivity index (χ0v) is 26.5. The number of benzene rings is 1. The van der Waals surface area contributed by atoms with E-state index in [1.165, 1.54) is 19.2 Å². The number of hydrogen-bond acceptors (Lipinski definition) is 7. The van der Waals surface area contributed by atoms with Gasteiger partial charge < -0.3 is 19.7 Å². The number of aliphatic hydroxyl groups excluding tert-OH is 1. The monoisotopic (exact) mass is 617 g/mol. The lowest BCUT2D eigenvalue weighted by Crippen LogP contribution is -2.36. The van der Waals surface area contributed by atoms with Crippen molar-refractivity contribution in [2.75, 3.05) is 13.7 Å². The molecule has 2 aliphatic rings. The first-order valence-corrected chi connectivity index (χ1v) is 16.6. The van der Waals surface area contributed by atoms with Gasteiger partial charge in [-0.1, -0.05) is 63.3 Å². The number of halogens is 1. The van der Waals surface area contributed by atoms with Gasteiger partial charge >= 0.3 is 17.9 Å². The van der Waals surface area contributed by atoms with Crippen LogP contribution >= 0.6 is 0 Å². The van der Waals surface area contributed by atoms with E-state index in [1.54, 1.807) is 12.1 Å². The molecule has 0 aliphatic carbocycles. The summed E-state index contributed by atoms with van der Waals surface area (Å²) >= 11 is 0. The molecule has 8 nitrogen and oxygen atoms in total. The second-order valence-corrected chi connectivity index (χ2v) is 12.3. The van der Waals surface area contributed by atoms with Gasteiger partial charge in [-0.3, -0.25) is 19.3 Å². The number of allylic oxidation sites excluding steroid dienone is 1. The van der Waals surface area contributed by atoms with E-state index in [4.69, 9.17) is 14.6 Å². The maximum Gasteiger partial charge on any atom is 0.310 e. The number of methoxy groups -OCH3 is 1. The van der Waals surface area contributed by atoms with Crippen molar-refractivity contribution in [3.8, 4) is 0 Å². The van der Waals surface area contributed by atoms with Crippen LogP contribution < -0.4 is 0 Å². The first kappa shape index (κ1) is 35.7. The van der Waals surface area contributed by atoms with E-state index < -0.39 is 18.2 Å². The lowest BCUT2D eigenvalue weighted by molar-refractivity contribution is -0.156. The van der Waals surface area contributed by atoms with Crippen molar-refractivity contribution in [3.05, 3.63) is 47.8 Å². The Balaban J connectivity index is 1.50. The molecule has 5 unspecified atom stereocenters. The second-order valence-electron chi connectivity index (χ2n) is 12.3. The van der Waals surface area contributed by atoms with E-state index in [9.17, 15) is 23.9 Å². The molecule has 0 amide bonds. The normalized spacial score (nSPS) is 22.7. The minimum atomic E-state index is -0.780. The average Bonchev–Trinajstić information content (AvgIpc) is 3.55. The second kappa shape index (κ2) is 18.9. The van der Waals surface area contributed by atoms with Crippen LogP contribution in [0.2, 0.25) is 0 Å². The van der Waals surface area contributed by atoms with Gasteiger partial charge in [-0.25, -0.2) is 4.39 Å². The van der Waals surface area contributed by atoms with Gasteiger partial charge in [0.2, 0.25) is 0 Å². The Bertz CT molecular complexity index is 1060. The summed E-state index contributed by atoms with van der Waals surface area (Å²) in [5, 5.41) is 19.6. The van der Waals surface area contributed by atoms with Crippen LogP contribution in [0.3, 0.4) is 0 Å². The van der Waals surface area contributed by atoms with E-state index in [1.807, 2.05) is 6.08 Å². The number of aliphatic hydroxyl groups is 1. The maximum atomic E-state index is 13.6. The number of aliphatic carboxylic acids is 1. The lowest BCUT2D eigenvalue weighted by atomic mass is 9.75. The van der Waals surface area contributed by atoms with Crippen LogP contribution in [0.4, 0.5) is 4.39 Å². The molecule has 3 rings (SSSR count). The van der Waals surface area contributed by atoms with Crippen molar-refractivity contribution in [2.24, 2.45) is 5.92 Å². The highest BCUT2D eigenvalue weighted by molar-refractivity contribution is 5.76. The third-order valence-corrected chi connectivity index (χ3v) is 9.24. The highest BCUT2D eigenvalue weighted by atomic mass is 19.1. The molecule has 2 heterocycles. The number of nitrogens with zero attached hydrogens (tertiary/aromatic N) is 1. The molecule has 1 aromatic carbocycles. The van der Waals surface area contributed by atoms with Crippen molar-refractivity contribution < 1.29 is 38.5 Å². The Kier molecular flexibility index (Phi) is 15.3. The van der Waals surface area contributed by atoms with Gasteiger partial charge in [0.25, 0.3) is 0 Å². The zero-order valence-electron chi connectivity index (χ0n) is 26.5. The molecule has 0 radical (unpaired) electrons. The van der Waals surface area contributed by atoms with Gasteiger partial charge in [-0.15, -0.1) is 0 Å². The molecular weight excluding hydrogens is 565 g/mol. The van der Waals surface area contributed by atoms with Crippen molar-refractivity contribution in [1.29, 1.82) is 0 Å². The first-order valence-electron chi connectivity index (χ1n) is 16.6. The number of carboxylic acid groups (broad SMARTS) is 1. The highest BCUT2D eigenvalue weighted by Crippen LogP contribution is 2.51. The fourth-order valence-corrected chi connectivity index (χ4v) is 7.00. The van der Waals surface area contributed by atoms with Gasteiger partial charge in [0.05, 0.1) is 25.6 Å². The summed E-state index contributed by atoms with van der Waals surface area (Å²) < 4.78 is 24.6. The van der Waals surface area contributed by atoms with Crippen LogP contribution in [0, 0.1) is 11.7 Å². The van der Waals surface area contributed by atoms with Crippen LogP contribution in [0.5, 0.6) is 0 Å². The number of esters is 2. The molecule has 2 aliphatic heterocycles. The predicted octanol–water partition coefficient (Wildman–Crippen LogP) is 6.55. The standard InChI is InChI=1S/C35H52FNO7/c1-3-4-11-15-30(29(38)14-12-9-7-5-6-8-10-13-16-31(39)40)44-32(41)23-24-37-27-21-22-28(37)34(35(42)43-2)33(27)25-17-19-26(36)20-18-25/h9,12,17-20,27-30,33-34,38H,3-8,10-11,13-16,21-24H2,1-2H3,(H,39,40)/b12-9-/t27?,28?,29?,30?,33-,34?/m0/s1. The van der Waals surface area contributed by atoms with Gasteiger partial charge in [0, 0.05) is 31.0 Å². The number of carboxylic acids is 1. The minimum absolute atomic E-state index is 0.0453. The fourth-order valence-electron chi connectivity index (χ4n) is 7.00. The van der Waals surface area contributed by atoms with E-state index in [-0.39, 0.29) is 54.5 Å². The molecule has 2 N–H and O–H groups in total. The Morgan fingerprint density at radius 1 is 0.977 bits per heavy atom. The lowest BCUT2D eigenvalue weighted by Gasteiger charge is -2.27. The number of rotatable bonds is 21. The summed E-state index contributed by atoms with van der Waals surface area (Å²) in [5.74, 6) is -2.18. The smallest absolute Gasteiger partial charge is 0.310 e.